The summed E-state index contributed by atoms with van der Waals surface area (Å²) >= 11 is 7.80. The molecule has 3 aromatic rings. The van der Waals surface area contributed by atoms with E-state index in [1.807, 2.05) is 47.8 Å². The molecule has 0 saturated carbocycles. The van der Waals surface area contributed by atoms with Gasteiger partial charge in [-0.05, 0) is 23.6 Å². The molecule has 106 valence electrons. The van der Waals surface area contributed by atoms with Crippen molar-refractivity contribution in [1.29, 1.82) is 0 Å². The molecule has 0 aliphatic carbocycles. The Morgan fingerprint density at radius 1 is 1.19 bits per heavy atom. The van der Waals surface area contributed by atoms with Gasteiger partial charge in [0.2, 0.25) is 0 Å². The Morgan fingerprint density at radius 3 is 2.71 bits per heavy atom. The minimum Gasteiger partial charge on any atom is -0.377 e. The summed E-state index contributed by atoms with van der Waals surface area (Å²) in [5.41, 5.74) is 0.899. The summed E-state index contributed by atoms with van der Waals surface area (Å²) in [5, 5.41) is 9.46. The molecule has 0 radical (unpaired) electrons. The molecule has 1 aromatic carbocycles. The largest absolute Gasteiger partial charge is 0.377 e. The van der Waals surface area contributed by atoms with Gasteiger partial charge < -0.3 is 5.32 Å². The molecule has 0 aliphatic rings. The molecule has 0 fully saturated rings. The highest BCUT2D eigenvalue weighted by Gasteiger charge is 2.10. The minimum atomic E-state index is -0.334. The van der Waals surface area contributed by atoms with Gasteiger partial charge in [-0.3, -0.25) is 4.79 Å². The molecule has 4 nitrogen and oxygen atoms in total. The summed E-state index contributed by atoms with van der Waals surface area (Å²) in [6, 6.07) is 13.2. The Labute approximate surface area is 130 Å². The smallest absolute Gasteiger partial charge is 0.292 e. The third-order valence-corrected chi connectivity index (χ3v) is 4.19. The number of nitrogens with zero attached hydrogens (tertiary/aromatic N) is 2. The maximum Gasteiger partial charge on any atom is 0.292 e. The van der Waals surface area contributed by atoms with Crippen LogP contribution in [0.15, 0.2) is 58.8 Å². The van der Waals surface area contributed by atoms with Gasteiger partial charge in [-0.15, -0.1) is 11.3 Å². The fourth-order valence-corrected chi connectivity index (χ4v) is 2.74. The second-order valence-electron chi connectivity index (χ2n) is 4.36. The minimum absolute atomic E-state index is 0.144. The van der Waals surface area contributed by atoms with Crippen molar-refractivity contribution in [1.82, 2.24) is 9.78 Å². The van der Waals surface area contributed by atoms with Crippen LogP contribution in [0.25, 0.3) is 5.69 Å². The molecule has 0 saturated heterocycles. The number of anilines is 1. The van der Waals surface area contributed by atoms with Gasteiger partial charge in [0.25, 0.3) is 5.56 Å². The van der Waals surface area contributed by atoms with Gasteiger partial charge in [0.15, 0.2) is 0 Å². The first-order chi connectivity index (χ1) is 10.3. The fourth-order valence-electron chi connectivity index (χ4n) is 1.90. The summed E-state index contributed by atoms with van der Waals surface area (Å²) in [7, 11) is 0. The number of hydrogen-bond acceptors (Lipinski definition) is 4. The normalized spacial score (nSPS) is 10.5. The summed E-state index contributed by atoms with van der Waals surface area (Å²) in [5.74, 6) is 0. The van der Waals surface area contributed by atoms with E-state index in [1.54, 1.807) is 17.5 Å². The third-order valence-electron chi connectivity index (χ3n) is 2.95. The van der Waals surface area contributed by atoms with Crippen LogP contribution >= 0.6 is 22.9 Å². The van der Waals surface area contributed by atoms with Gasteiger partial charge in [0.05, 0.1) is 17.6 Å². The van der Waals surface area contributed by atoms with Crippen LogP contribution in [0.4, 0.5) is 5.69 Å². The lowest BCUT2D eigenvalue weighted by Crippen LogP contribution is -2.22. The van der Waals surface area contributed by atoms with Gasteiger partial charge in [0, 0.05) is 11.4 Å². The van der Waals surface area contributed by atoms with E-state index in [0.29, 0.717) is 17.9 Å². The highest BCUT2D eigenvalue weighted by molar-refractivity contribution is 7.09. The van der Waals surface area contributed by atoms with Crippen molar-refractivity contribution in [3.8, 4) is 5.69 Å². The molecule has 0 spiro atoms. The average Bonchev–Trinajstić information content (AvgIpc) is 3.03. The van der Waals surface area contributed by atoms with Gasteiger partial charge in [-0.2, -0.15) is 9.78 Å². The number of rotatable bonds is 4. The summed E-state index contributed by atoms with van der Waals surface area (Å²) in [4.78, 5) is 13.4. The highest BCUT2D eigenvalue weighted by atomic mass is 35.5. The molecule has 0 bridgehead atoms. The maximum atomic E-state index is 12.3. The second kappa shape index (κ2) is 6.11. The van der Waals surface area contributed by atoms with Crippen molar-refractivity contribution in [3.05, 3.63) is 74.3 Å². The molecule has 2 aromatic heterocycles. The Hall–Kier alpha value is -2.11. The summed E-state index contributed by atoms with van der Waals surface area (Å²) in [6.07, 6.45) is 1.57. The Balaban J connectivity index is 1.88. The van der Waals surface area contributed by atoms with E-state index < -0.39 is 0 Å². The predicted molar refractivity (Wildman–Crippen MR) is 86.5 cm³/mol. The first kappa shape index (κ1) is 13.9. The van der Waals surface area contributed by atoms with Gasteiger partial charge in [0.1, 0.15) is 5.02 Å². The van der Waals surface area contributed by atoms with E-state index >= 15 is 0 Å². The molecule has 1 N–H and O–H groups in total. The van der Waals surface area contributed by atoms with Crippen LogP contribution in [-0.2, 0) is 6.54 Å². The quantitative estimate of drug-likeness (QED) is 0.800. The number of benzene rings is 1. The first-order valence-corrected chi connectivity index (χ1v) is 7.61. The molecule has 0 aliphatic heterocycles. The van der Waals surface area contributed by atoms with Crippen molar-refractivity contribution in [2.24, 2.45) is 0 Å². The Morgan fingerprint density at radius 2 is 2.00 bits per heavy atom. The number of hydrogen-bond donors (Lipinski definition) is 1. The van der Waals surface area contributed by atoms with E-state index in [9.17, 15) is 4.79 Å². The van der Waals surface area contributed by atoms with Crippen LogP contribution in [-0.4, -0.2) is 9.78 Å². The third kappa shape index (κ3) is 2.99. The number of nitrogens with one attached hydrogen (secondary N) is 1. The molecule has 6 heteroatoms. The van der Waals surface area contributed by atoms with Gasteiger partial charge in [-0.1, -0.05) is 35.9 Å². The molecule has 0 atom stereocenters. The Bertz CT molecular complexity index is 784. The van der Waals surface area contributed by atoms with Crippen LogP contribution in [0, 0.1) is 0 Å². The van der Waals surface area contributed by atoms with Crippen molar-refractivity contribution in [2.45, 2.75) is 6.54 Å². The molecular formula is C15H12ClN3OS. The lowest BCUT2D eigenvalue weighted by Gasteiger charge is -2.09. The molecule has 0 amide bonds. The lowest BCUT2D eigenvalue weighted by atomic mass is 10.3. The van der Waals surface area contributed by atoms with Crippen LogP contribution in [0.2, 0.25) is 5.02 Å². The van der Waals surface area contributed by atoms with E-state index in [1.165, 1.54) is 9.56 Å². The number of aromatic nitrogens is 2. The number of thiophene rings is 1. The molecule has 3 rings (SSSR count). The fraction of sp³-hybridized carbons (Fsp3) is 0.0667. The maximum absolute atomic E-state index is 12.3. The topological polar surface area (TPSA) is 46.9 Å². The van der Waals surface area contributed by atoms with Crippen molar-refractivity contribution < 1.29 is 0 Å². The van der Waals surface area contributed by atoms with Crippen LogP contribution in [0.3, 0.4) is 0 Å². The SMILES string of the molecule is O=c1c(Cl)c(NCc2cccs2)cnn1-c1ccccc1. The first-order valence-electron chi connectivity index (χ1n) is 6.35. The van der Waals surface area contributed by atoms with E-state index in [0.717, 1.165) is 0 Å². The molecule has 2 heterocycles. The standard InChI is InChI=1S/C15H12ClN3OS/c16-14-13(17-9-12-7-4-8-21-12)10-18-19(15(14)20)11-5-2-1-3-6-11/h1-8,10,17H,9H2. The van der Waals surface area contributed by atoms with Crippen molar-refractivity contribution in [3.63, 3.8) is 0 Å². The zero-order chi connectivity index (χ0) is 14.7. The predicted octanol–water partition coefficient (Wildman–Crippen LogP) is 3.56. The van der Waals surface area contributed by atoms with Crippen LogP contribution in [0.5, 0.6) is 0 Å². The zero-order valence-electron chi connectivity index (χ0n) is 11.0. The van der Waals surface area contributed by atoms with Crippen LogP contribution in [0.1, 0.15) is 4.88 Å². The number of halogens is 1. The highest BCUT2D eigenvalue weighted by Crippen LogP contribution is 2.18. The average molecular weight is 318 g/mol. The number of para-hydroxylation sites is 1. The molecule has 0 unspecified atom stereocenters. The van der Waals surface area contributed by atoms with Gasteiger partial charge >= 0.3 is 0 Å². The Kier molecular flexibility index (Phi) is 4.03. The molecule has 21 heavy (non-hydrogen) atoms. The summed E-state index contributed by atoms with van der Waals surface area (Å²) < 4.78 is 1.29. The second-order valence-corrected chi connectivity index (χ2v) is 5.77. The summed E-state index contributed by atoms with van der Waals surface area (Å²) in [6.45, 7) is 0.619. The van der Waals surface area contributed by atoms with E-state index in [-0.39, 0.29) is 10.6 Å². The van der Waals surface area contributed by atoms with Gasteiger partial charge in [-0.25, -0.2) is 0 Å². The zero-order valence-corrected chi connectivity index (χ0v) is 12.6. The van der Waals surface area contributed by atoms with Crippen molar-refractivity contribution >= 4 is 28.6 Å². The van der Waals surface area contributed by atoms with E-state index in [2.05, 4.69) is 10.4 Å². The molecular weight excluding hydrogens is 306 g/mol. The van der Waals surface area contributed by atoms with Crippen LogP contribution < -0.4 is 10.9 Å². The van der Waals surface area contributed by atoms with E-state index in [4.69, 9.17) is 11.6 Å². The monoisotopic (exact) mass is 317 g/mol. The lowest BCUT2D eigenvalue weighted by molar-refractivity contribution is 0.807. The van der Waals surface area contributed by atoms with Crippen molar-refractivity contribution in [2.75, 3.05) is 5.32 Å².